The summed E-state index contributed by atoms with van der Waals surface area (Å²) in [6.45, 7) is 2.18. The molecule has 2 N–H and O–H groups in total. The molecule has 0 unspecified atom stereocenters. The summed E-state index contributed by atoms with van der Waals surface area (Å²) in [4.78, 5) is 10.7. The molecule has 0 aliphatic heterocycles. The van der Waals surface area contributed by atoms with Crippen molar-refractivity contribution in [2.45, 2.75) is 19.8 Å². The molecule has 0 aromatic heterocycles. The number of rotatable bonds is 9. The van der Waals surface area contributed by atoms with E-state index in [9.17, 15) is 10.1 Å². The minimum absolute atomic E-state index is 0.0325. The number of benzene rings is 2. The topological polar surface area (TPSA) is 106 Å². The van der Waals surface area contributed by atoms with Crippen LogP contribution in [0.5, 0.6) is 28.7 Å². The highest BCUT2D eigenvalue weighted by Crippen LogP contribution is 2.41. The van der Waals surface area contributed by atoms with Crippen molar-refractivity contribution in [3.05, 3.63) is 45.5 Å². The molecule has 0 aliphatic carbocycles. The normalized spacial score (nSPS) is 10.4. The van der Waals surface area contributed by atoms with Gasteiger partial charge in [0.05, 0.1) is 32.3 Å². The molecule has 8 nitrogen and oxygen atoms in total. The van der Waals surface area contributed by atoms with Crippen LogP contribution in [0.2, 0.25) is 0 Å². The number of nitro benzene ring substituents is 1. The van der Waals surface area contributed by atoms with E-state index in [1.54, 1.807) is 26.2 Å². The molecule has 8 heteroatoms. The maximum Gasteiger partial charge on any atom is 0.276 e. The summed E-state index contributed by atoms with van der Waals surface area (Å²) in [6.07, 6.45) is 1.45. The lowest BCUT2D eigenvalue weighted by molar-refractivity contribution is -0.385. The maximum absolute atomic E-state index is 11.2. The Labute approximate surface area is 157 Å². The molecule has 146 valence electrons. The van der Waals surface area contributed by atoms with Gasteiger partial charge in [0.2, 0.25) is 0 Å². The van der Waals surface area contributed by atoms with Gasteiger partial charge in [0.1, 0.15) is 5.75 Å². The highest BCUT2D eigenvalue weighted by atomic mass is 16.6. The van der Waals surface area contributed by atoms with E-state index in [4.69, 9.17) is 24.7 Å². The average molecular weight is 376 g/mol. The first-order valence-corrected chi connectivity index (χ1v) is 8.41. The van der Waals surface area contributed by atoms with Gasteiger partial charge in [0.15, 0.2) is 23.0 Å². The minimum atomic E-state index is -0.454. The van der Waals surface area contributed by atoms with Gasteiger partial charge in [-0.1, -0.05) is 0 Å². The number of hydrogen-bond donors (Lipinski definition) is 1. The van der Waals surface area contributed by atoms with Gasteiger partial charge in [-0.15, -0.1) is 0 Å². The predicted octanol–water partition coefficient (Wildman–Crippen LogP) is 3.61. The molecule has 0 fully saturated rings. The Hall–Kier alpha value is -3.00. The molecule has 27 heavy (non-hydrogen) atoms. The molecule has 0 aliphatic rings. The van der Waals surface area contributed by atoms with E-state index in [1.807, 2.05) is 6.07 Å². The molecular formula is C19H24N2O6. The van der Waals surface area contributed by atoms with Gasteiger partial charge >= 0.3 is 0 Å². The molecule has 2 rings (SSSR count). The number of nitrogens with two attached hydrogens (primary N) is 1. The summed E-state index contributed by atoms with van der Waals surface area (Å²) in [5.41, 5.74) is 6.96. The van der Waals surface area contributed by atoms with Crippen molar-refractivity contribution in [1.29, 1.82) is 0 Å². The number of nitrogens with zero attached hydrogens (tertiary/aromatic N) is 1. The predicted molar refractivity (Wildman–Crippen MR) is 101 cm³/mol. The fraction of sp³-hybridized carbons (Fsp3) is 0.368. The van der Waals surface area contributed by atoms with E-state index in [1.165, 1.54) is 20.3 Å². The molecule has 0 saturated heterocycles. The summed E-state index contributed by atoms with van der Waals surface area (Å²) in [5.74, 6) is 2.30. The summed E-state index contributed by atoms with van der Waals surface area (Å²) in [6, 6.07) is 6.50. The van der Waals surface area contributed by atoms with Crippen LogP contribution in [0, 0.1) is 17.0 Å². The number of ether oxygens (including phenoxy) is 4. The average Bonchev–Trinajstić information content (AvgIpc) is 2.66. The lowest BCUT2D eigenvalue weighted by atomic mass is 10.1. The zero-order valence-corrected chi connectivity index (χ0v) is 15.9. The molecule has 0 amide bonds. The lowest BCUT2D eigenvalue weighted by Crippen LogP contribution is -2.03. The largest absolute Gasteiger partial charge is 0.493 e. The highest BCUT2D eigenvalue weighted by Gasteiger charge is 2.19. The van der Waals surface area contributed by atoms with Crippen LogP contribution in [0.4, 0.5) is 5.69 Å². The van der Waals surface area contributed by atoms with Gasteiger partial charge in [-0.3, -0.25) is 10.1 Å². The molecule has 2 aromatic carbocycles. The van der Waals surface area contributed by atoms with Crippen molar-refractivity contribution < 1.29 is 23.9 Å². The molecule has 2 aromatic rings. The second-order valence-electron chi connectivity index (χ2n) is 5.86. The van der Waals surface area contributed by atoms with Crippen LogP contribution in [0.1, 0.15) is 17.5 Å². The summed E-state index contributed by atoms with van der Waals surface area (Å²) in [5, 5.41) is 11.2. The van der Waals surface area contributed by atoms with E-state index in [-0.39, 0.29) is 11.4 Å². The van der Waals surface area contributed by atoms with Crippen molar-refractivity contribution in [3.8, 4) is 28.7 Å². The maximum atomic E-state index is 11.2. The second-order valence-corrected chi connectivity index (χ2v) is 5.86. The van der Waals surface area contributed by atoms with Crippen LogP contribution in [0.15, 0.2) is 24.3 Å². The van der Waals surface area contributed by atoms with Crippen molar-refractivity contribution in [1.82, 2.24) is 0 Å². The van der Waals surface area contributed by atoms with Gasteiger partial charge in [-0.2, -0.15) is 0 Å². The minimum Gasteiger partial charge on any atom is -0.493 e. The van der Waals surface area contributed by atoms with Crippen LogP contribution in [0.3, 0.4) is 0 Å². The molecule has 0 heterocycles. The Balaban J connectivity index is 2.51. The third kappa shape index (κ3) is 4.59. The zero-order chi connectivity index (χ0) is 20.0. The van der Waals surface area contributed by atoms with Crippen molar-refractivity contribution >= 4 is 5.69 Å². The molecule has 0 atom stereocenters. The van der Waals surface area contributed by atoms with Crippen LogP contribution in [-0.2, 0) is 6.42 Å². The van der Waals surface area contributed by atoms with E-state index in [0.717, 1.165) is 12.0 Å². The second kappa shape index (κ2) is 9.09. The molecule has 0 radical (unpaired) electrons. The summed E-state index contributed by atoms with van der Waals surface area (Å²) in [7, 11) is 4.54. The number of methoxy groups -OCH3 is 3. The summed E-state index contributed by atoms with van der Waals surface area (Å²) < 4.78 is 22.1. The highest BCUT2D eigenvalue weighted by molar-refractivity contribution is 5.57. The quantitative estimate of drug-likeness (QED) is 0.526. The first-order chi connectivity index (χ1) is 12.9. The van der Waals surface area contributed by atoms with Gasteiger partial charge in [0.25, 0.3) is 5.69 Å². The van der Waals surface area contributed by atoms with Crippen molar-refractivity contribution in [2.24, 2.45) is 5.73 Å². The fourth-order valence-corrected chi connectivity index (χ4v) is 2.69. The van der Waals surface area contributed by atoms with E-state index >= 15 is 0 Å². The van der Waals surface area contributed by atoms with Crippen molar-refractivity contribution in [2.75, 3.05) is 27.9 Å². The van der Waals surface area contributed by atoms with Gasteiger partial charge in [0, 0.05) is 11.6 Å². The van der Waals surface area contributed by atoms with Crippen LogP contribution < -0.4 is 24.7 Å². The first kappa shape index (κ1) is 20.3. The Morgan fingerprint density at radius 1 is 0.926 bits per heavy atom. The fourth-order valence-electron chi connectivity index (χ4n) is 2.69. The Kier molecular flexibility index (Phi) is 6.84. The van der Waals surface area contributed by atoms with Crippen LogP contribution >= 0.6 is 0 Å². The SMILES string of the molecule is COc1cc(CCCN)c(Oc2cc(C)c([N+](=O)[O-])cc2OC)cc1OC. The van der Waals surface area contributed by atoms with E-state index < -0.39 is 4.92 Å². The number of aryl methyl sites for hydroxylation is 2. The van der Waals surface area contributed by atoms with Gasteiger partial charge in [-0.25, -0.2) is 0 Å². The molecule has 0 spiro atoms. The monoisotopic (exact) mass is 376 g/mol. The Bertz CT molecular complexity index is 822. The van der Waals surface area contributed by atoms with Crippen molar-refractivity contribution in [3.63, 3.8) is 0 Å². The number of nitro groups is 1. The van der Waals surface area contributed by atoms with Gasteiger partial charge in [-0.05, 0) is 44.0 Å². The summed E-state index contributed by atoms with van der Waals surface area (Å²) >= 11 is 0. The standard InChI is InChI=1S/C19H24N2O6/c1-12-8-19(17(25-3)10-14(12)21(22)23)27-15-11-18(26-4)16(24-2)9-13(15)6-5-7-20/h8-11H,5-7,20H2,1-4H3. The molecule has 0 bridgehead atoms. The molecule has 0 saturated carbocycles. The van der Waals surface area contributed by atoms with E-state index in [2.05, 4.69) is 0 Å². The van der Waals surface area contributed by atoms with Crippen LogP contribution in [-0.4, -0.2) is 32.8 Å². The van der Waals surface area contributed by atoms with Crippen LogP contribution in [0.25, 0.3) is 0 Å². The lowest BCUT2D eigenvalue weighted by Gasteiger charge is -2.17. The van der Waals surface area contributed by atoms with E-state index in [0.29, 0.717) is 41.5 Å². The zero-order valence-electron chi connectivity index (χ0n) is 15.9. The molecular weight excluding hydrogens is 352 g/mol. The Morgan fingerprint density at radius 3 is 2.07 bits per heavy atom. The van der Waals surface area contributed by atoms with Gasteiger partial charge < -0.3 is 24.7 Å². The smallest absolute Gasteiger partial charge is 0.276 e. The Morgan fingerprint density at radius 2 is 1.52 bits per heavy atom. The third-order valence-corrected chi connectivity index (χ3v) is 4.12. The first-order valence-electron chi connectivity index (χ1n) is 8.41. The number of hydrogen-bond acceptors (Lipinski definition) is 7. The third-order valence-electron chi connectivity index (χ3n) is 4.12.